The number of Topliss-reactive ketones (excluding diaryl/α,β-unsaturated/α-hetero) is 1. The largest absolute Gasteiger partial charge is 0.454 e. The fourth-order valence-electron chi connectivity index (χ4n) is 2.47. The molecule has 17 heavy (non-hydrogen) atoms. The molecular weight excluding hydrogens is 220 g/mol. The fraction of sp³-hybridized carbons (Fsp3) is 0.462. The highest BCUT2D eigenvalue weighted by Gasteiger charge is 2.39. The number of carbonyl (C=O) groups is 1. The van der Waals surface area contributed by atoms with Gasteiger partial charge < -0.3 is 14.6 Å². The maximum atomic E-state index is 11.9. The zero-order valence-corrected chi connectivity index (χ0v) is 9.44. The van der Waals surface area contributed by atoms with E-state index in [-0.39, 0.29) is 12.6 Å². The van der Waals surface area contributed by atoms with E-state index < -0.39 is 5.60 Å². The van der Waals surface area contributed by atoms with Crippen LogP contribution in [0.15, 0.2) is 18.2 Å². The summed E-state index contributed by atoms with van der Waals surface area (Å²) in [7, 11) is 0. The van der Waals surface area contributed by atoms with E-state index in [1.807, 2.05) is 0 Å². The molecule has 0 radical (unpaired) electrons. The average Bonchev–Trinajstić information content (AvgIpc) is 2.80. The van der Waals surface area contributed by atoms with Crippen molar-refractivity contribution in [2.75, 3.05) is 6.79 Å². The molecule has 0 aromatic heterocycles. The second-order valence-corrected chi connectivity index (χ2v) is 4.56. The minimum Gasteiger partial charge on any atom is -0.454 e. The minimum absolute atomic E-state index is 0.0948. The smallest absolute Gasteiger partial charge is 0.231 e. The molecule has 1 aromatic rings. The molecule has 3 rings (SSSR count). The number of hydrogen-bond donors (Lipinski definition) is 1. The van der Waals surface area contributed by atoms with Crippen LogP contribution in [0.25, 0.3) is 0 Å². The predicted octanol–water partition coefficient (Wildman–Crippen LogP) is 1.75. The number of aliphatic hydroxyl groups is 1. The molecule has 1 atom stereocenters. The first kappa shape index (κ1) is 10.6. The molecule has 0 bridgehead atoms. The number of ether oxygens (including phenoxy) is 2. The van der Waals surface area contributed by atoms with Crippen LogP contribution in [0.1, 0.15) is 31.2 Å². The van der Waals surface area contributed by atoms with Gasteiger partial charge in [0.1, 0.15) is 5.60 Å². The number of fused-ring (bicyclic) bond motifs is 1. The van der Waals surface area contributed by atoms with E-state index in [1.54, 1.807) is 18.2 Å². The number of benzene rings is 1. The van der Waals surface area contributed by atoms with Crippen molar-refractivity contribution in [3.05, 3.63) is 23.8 Å². The summed E-state index contributed by atoms with van der Waals surface area (Å²) in [6.45, 7) is 0.200. The van der Waals surface area contributed by atoms with Crippen LogP contribution < -0.4 is 9.47 Å². The molecule has 1 aliphatic heterocycles. The van der Waals surface area contributed by atoms with Gasteiger partial charge in [-0.15, -0.1) is 0 Å². The molecule has 2 aliphatic rings. The van der Waals surface area contributed by atoms with Gasteiger partial charge in [-0.25, -0.2) is 0 Å². The average molecular weight is 234 g/mol. The van der Waals surface area contributed by atoms with E-state index in [4.69, 9.17) is 9.47 Å². The van der Waals surface area contributed by atoms with Gasteiger partial charge in [-0.1, -0.05) is 6.07 Å². The first-order chi connectivity index (χ1) is 8.20. The molecule has 4 heteroatoms. The molecule has 0 unspecified atom stereocenters. The van der Waals surface area contributed by atoms with E-state index in [0.717, 1.165) is 12.8 Å². The van der Waals surface area contributed by atoms with Crippen molar-refractivity contribution < 1.29 is 19.4 Å². The molecular formula is C13H14O4. The zero-order valence-electron chi connectivity index (χ0n) is 9.44. The van der Waals surface area contributed by atoms with Gasteiger partial charge in [-0.05, 0) is 37.0 Å². The Morgan fingerprint density at radius 2 is 2.00 bits per heavy atom. The molecule has 1 N–H and O–H groups in total. The van der Waals surface area contributed by atoms with Gasteiger partial charge in [0, 0.05) is 6.42 Å². The number of rotatable bonds is 1. The lowest BCUT2D eigenvalue weighted by atomic mass is 9.78. The Balaban J connectivity index is 2.00. The highest BCUT2D eigenvalue weighted by atomic mass is 16.7. The Labute approximate surface area is 99.2 Å². The van der Waals surface area contributed by atoms with E-state index in [9.17, 15) is 9.90 Å². The third-order valence-corrected chi connectivity index (χ3v) is 3.50. The Bertz CT molecular complexity index is 468. The van der Waals surface area contributed by atoms with Gasteiger partial charge in [0.25, 0.3) is 0 Å². The molecule has 4 nitrogen and oxygen atoms in total. The van der Waals surface area contributed by atoms with Gasteiger partial charge in [0.15, 0.2) is 17.3 Å². The fourth-order valence-corrected chi connectivity index (χ4v) is 2.47. The zero-order chi connectivity index (χ0) is 11.9. The van der Waals surface area contributed by atoms with Crippen LogP contribution in [0, 0.1) is 0 Å². The Morgan fingerprint density at radius 1 is 1.18 bits per heavy atom. The van der Waals surface area contributed by atoms with Crippen molar-refractivity contribution in [1.82, 2.24) is 0 Å². The van der Waals surface area contributed by atoms with Crippen molar-refractivity contribution in [3.8, 4) is 11.5 Å². The molecule has 1 saturated carbocycles. The third-order valence-electron chi connectivity index (χ3n) is 3.50. The highest BCUT2D eigenvalue weighted by molar-refractivity contribution is 5.89. The van der Waals surface area contributed by atoms with Crippen molar-refractivity contribution in [3.63, 3.8) is 0 Å². The van der Waals surface area contributed by atoms with Crippen molar-refractivity contribution in [1.29, 1.82) is 0 Å². The normalized spacial score (nSPS) is 27.2. The summed E-state index contributed by atoms with van der Waals surface area (Å²) in [4.78, 5) is 11.9. The van der Waals surface area contributed by atoms with Crippen LogP contribution in [0.5, 0.6) is 11.5 Å². The lowest BCUT2D eigenvalue weighted by molar-refractivity contribution is -0.142. The van der Waals surface area contributed by atoms with E-state index in [2.05, 4.69) is 0 Å². The second-order valence-electron chi connectivity index (χ2n) is 4.56. The van der Waals surface area contributed by atoms with Gasteiger partial charge >= 0.3 is 0 Å². The summed E-state index contributed by atoms with van der Waals surface area (Å²) in [6.07, 6.45) is 2.68. The summed E-state index contributed by atoms with van der Waals surface area (Å²) < 4.78 is 10.5. The van der Waals surface area contributed by atoms with Crippen LogP contribution in [-0.4, -0.2) is 17.7 Å². The summed E-state index contributed by atoms with van der Waals surface area (Å²) in [5.74, 6) is 1.18. The standard InChI is InChI=1S/C13H14O4/c14-12-3-1-2-6-13(12,15)9-4-5-10-11(7-9)17-8-16-10/h4-5,7,15H,1-3,6,8H2/t13-/m0/s1. The van der Waals surface area contributed by atoms with Crippen LogP contribution in [-0.2, 0) is 10.4 Å². The number of ketones is 1. The van der Waals surface area contributed by atoms with E-state index >= 15 is 0 Å². The van der Waals surface area contributed by atoms with E-state index in [0.29, 0.717) is 29.9 Å². The summed E-state index contributed by atoms with van der Waals surface area (Å²) in [6, 6.07) is 5.21. The Morgan fingerprint density at radius 3 is 2.82 bits per heavy atom. The van der Waals surface area contributed by atoms with Crippen LogP contribution in [0.4, 0.5) is 0 Å². The molecule has 1 aliphatic carbocycles. The molecule has 1 fully saturated rings. The van der Waals surface area contributed by atoms with Crippen molar-refractivity contribution in [2.45, 2.75) is 31.3 Å². The SMILES string of the molecule is O=C1CCCC[C@]1(O)c1ccc2c(c1)OCO2. The highest BCUT2D eigenvalue weighted by Crippen LogP contribution is 2.40. The van der Waals surface area contributed by atoms with Gasteiger partial charge in [0.05, 0.1) is 0 Å². The summed E-state index contributed by atoms with van der Waals surface area (Å²) in [5, 5.41) is 10.5. The number of hydrogen-bond acceptors (Lipinski definition) is 4. The minimum atomic E-state index is -1.33. The van der Waals surface area contributed by atoms with Crippen LogP contribution in [0.3, 0.4) is 0 Å². The number of carbonyl (C=O) groups excluding carboxylic acids is 1. The molecule has 0 amide bonds. The topological polar surface area (TPSA) is 55.8 Å². The van der Waals surface area contributed by atoms with Crippen LogP contribution >= 0.6 is 0 Å². The third kappa shape index (κ3) is 1.60. The lowest BCUT2D eigenvalue weighted by Crippen LogP contribution is -2.38. The van der Waals surface area contributed by atoms with Gasteiger partial charge in [-0.2, -0.15) is 0 Å². The summed E-state index contributed by atoms with van der Waals surface area (Å²) >= 11 is 0. The monoisotopic (exact) mass is 234 g/mol. The Kier molecular flexibility index (Phi) is 2.33. The van der Waals surface area contributed by atoms with Crippen molar-refractivity contribution in [2.24, 2.45) is 0 Å². The van der Waals surface area contributed by atoms with Crippen molar-refractivity contribution >= 4 is 5.78 Å². The first-order valence-electron chi connectivity index (χ1n) is 5.86. The van der Waals surface area contributed by atoms with E-state index in [1.165, 1.54) is 0 Å². The molecule has 1 heterocycles. The van der Waals surface area contributed by atoms with Crippen LogP contribution in [0.2, 0.25) is 0 Å². The summed E-state index contributed by atoms with van der Waals surface area (Å²) in [5.41, 5.74) is -0.717. The van der Waals surface area contributed by atoms with Gasteiger partial charge in [-0.3, -0.25) is 4.79 Å². The Hall–Kier alpha value is -1.55. The second kappa shape index (κ2) is 3.74. The maximum Gasteiger partial charge on any atom is 0.231 e. The maximum absolute atomic E-state index is 11.9. The van der Waals surface area contributed by atoms with Gasteiger partial charge in [0.2, 0.25) is 6.79 Å². The molecule has 0 saturated heterocycles. The quantitative estimate of drug-likeness (QED) is 0.804. The predicted molar refractivity (Wildman–Crippen MR) is 59.9 cm³/mol. The first-order valence-corrected chi connectivity index (χ1v) is 5.86. The molecule has 0 spiro atoms. The lowest BCUT2D eigenvalue weighted by Gasteiger charge is -2.30. The molecule has 1 aromatic carbocycles. The molecule has 90 valence electrons.